The van der Waals surface area contributed by atoms with Gasteiger partial charge in [-0.25, -0.2) is 0 Å². The Morgan fingerprint density at radius 1 is 1.25 bits per heavy atom. The van der Waals surface area contributed by atoms with E-state index in [1.807, 2.05) is 6.07 Å². The van der Waals surface area contributed by atoms with Crippen LogP contribution >= 0.6 is 24.8 Å². The second-order valence-electron chi connectivity index (χ2n) is 6.99. The molecule has 6 heteroatoms. The summed E-state index contributed by atoms with van der Waals surface area (Å²) in [4.78, 5) is 14.5. The minimum absolute atomic E-state index is 0. The number of halogens is 2. The first kappa shape index (κ1) is 23.2. The molecule has 2 rings (SSSR count). The highest BCUT2D eigenvalue weighted by Crippen LogP contribution is 2.20. The van der Waals surface area contributed by atoms with Gasteiger partial charge in [-0.1, -0.05) is 30.7 Å². The molecule has 1 aliphatic rings. The standard InChI is InChI=1S/C18H29N3O.2ClH/c1-14-8-6-7-11-21(14)13-16-10-5-4-9-15(16)12-20-17(22)18(2,3)19;;/h4-5,9-10,14H,6-8,11-13,19H2,1-3H3,(H,20,22);2*1H. The molecular formula is C18H31Cl2N3O. The summed E-state index contributed by atoms with van der Waals surface area (Å²) in [7, 11) is 0. The maximum atomic E-state index is 11.9. The predicted octanol–water partition coefficient (Wildman–Crippen LogP) is 3.26. The number of carbonyl (C=O) groups is 1. The fourth-order valence-electron chi connectivity index (χ4n) is 2.90. The summed E-state index contributed by atoms with van der Waals surface area (Å²) in [5.41, 5.74) is 7.47. The lowest BCUT2D eigenvalue weighted by molar-refractivity contribution is -0.125. The van der Waals surface area contributed by atoms with Gasteiger partial charge in [0.05, 0.1) is 5.54 Å². The number of nitrogens with one attached hydrogen (secondary N) is 1. The molecule has 0 spiro atoms. The van der Waals surface area contributed by atoms with Crippen molar-refractivity contribution in [3.05, 3.63) is 35.4 Å². The third-order valence-electron chi connectivity index (χ3n) is 4.46. The molecule has 1 unspecified atom stereocenters. The van der Waals surface area contributed by atoms with Crippen LogP contribution < -0.4 is 11.1 Å². The number of hydrogen-bond donors (Lipinski definition) is 2. The van der Waals surface area contributed by atoms with Crippen molar-refractivity contribution in [1.82, 2.24) is 10.2 Å². The zero-order valence-corrected chi connectivity index (χ0v) is 16.5. The Morgan fingerprint density at radius 2 is 1.88 bits per heavy atom. The summed E-state index contributed by atoms with van der Waals surface area (Å²) in [6.07, 6.45) is 3.89. The van der Waals surface area contributed by atoms with Gasteiger partial charge in [0, 0.05) is 19.1 Å². The molecule has 0 radical (unpaired) electrons. The quantitative estimate of drug-likeness (QED) is 0.829. The summed E-state index contributed by atoms with van der Waals surface area (Å²) in [6.45, 7) is 8.42. The van der Waals surface area contributed by atoms with E-state index in [0.29, 0.717) is 12.6 Å². The Labute approximate surface area is 158 Å². The minimum atomic E-state index is -0.837. The second-order valence-corrected chi connectivity index (χ2v) is 6.99. The minimum Gasteiger partial charge on any atom is -0.350 e. The molecule has 1 aliphatic heterocycles. The lowest BCUT2D eigenvalue weighted by atomic mass is 10.0. The largest absolute Gasteiger partial charge is 0.350 e. The van der Waals surface area contributed by atoms with Crippen molar-refractivity contribution in [2.75, 3.05) is 6.54 Å². The topological polar surface area (TPSA) is 58.4 Å². The van der Waals surface area contributed by atoms with Crippen LogP contribution in [0.5, 0.6) is 0 Å². The molecule has 1 amide bonds. The average Bonchev–Trinajstić information content (AvgIpc) is 2.47. The molecule has 1 aromatic rings. The highest BCUT2D eigenvalue weighted by Gasteiger charge is 2.22. The summed E-state index contributed by atoms with van der Waals surface area (Å²) < 4.78 is 0. The Hall–Kier alpha value is -0.810. The Morgan fingerprint density at radius 3 is 2.46 bits per heavy atom. The van der Waals surface area contributed by atoms with E-state index < -0.39 is 5.54 Å². The summed E-state index contributed by atoms with van der Waals surface area (Å²) in [5.74, 6) is -0.117. The maximum Gasteiger partial charge on any atom is 0.239 e. The molecule has 1 heterocycles. The molecule has 0 aliphatic carbocycles. The van der Waals surface area contributed by atoms with Crippen LogP contribution in [-0.2, 0) is 17.9 Å². The van der Waals surface area contributed by atoms with E-state index in [4.69, 9.17) is 5.73 Å². The van der Waals surface area contributed by atoms with E-state index >= 15 is 0 Å². The molecule has 0 aromatic heterocycles. The molecular weight excluding hydrogens is 345 g/mol. The third-order valence-corrected chi connectivity index (χ3v) is 4.46. The Kier molecular flexibility index (Phi) is 9.90. The van der Waals surface area contributed by atoms with Crippen molar-refractivity contribution in [3.63, 3.8) is 0 Å². The van der Waals surface area contributed by atoms with Gasteiger partial charge >= 0.3 is 0 Å². The highest BCUT2D eigenvalue weighted by molar-refractivity contribution is 5.86. The van der Waals surface area contributed by atoms with Crippen LogP contribution in [0, 0.1) is 0 Å². The van der Waals surface area contributed by atoms with Crippen molar-refractivity contribution in [3.8, 4) is 0 Å². The zero-order valence-electron chi connectivity index (χ0n) is 14.9. The highest BCUT2D eigenvalue weighted by atomic mass is 35.5. The molecule has 1 atom stereocenters. The number of nitrogens with zero attached hydrogens (tertiary/aromatic N) is 1. The van der Waals surface area contributed by atoms with Gasteiger partial charge < -0.3 is 11.1 Å². The molecule has 138 valence electrons. The summed E-state index contributed by atoms with van der Waals surface area (Å²) in [6, 6.07) is 8.99. The van der Waals surface area contributed by atoms with Gasteiger partial charge in [-0.3, -0.25) is 9.69 Å². The van der Waals surface area contributed by atoms with Gasteiger partial charge in [0.15, 0.2) is 0 Å². The fraction of sp³-hybridized carbons (Fsp3) is 0.611. The predicted molar refractivity (Wildman–Crippen MR) is 105 cm³/mol. The smallest absolute Gasteiger partial charge is 0.239 e. The maximum absolute atomic E-state index is 11.9. The number of hydrogen-bond acceptors (Lipinski definition) is 3. The molecule has 4 nitrogen and oxygen atoms in total. The summed E-state index contributed by atoms with van der Waals surface area (Å²) >= 11 is 0. The van der Waals surface area contributed by atoms with Crippen LogP contribution in [0.2, 0.25) is 0 Å². The Balaban J connectivity index is 0.00000264. The van der Waals surface area contributed by atoms with Crippen molar-refractivity contribution >= 4 is 30.7 Å². The van der Waals surface area contributed by atoms with Crippen molar-refractivity contribution in [2.45, 2.75) is 64.7 Å². The number of benzene rings is 1. The van der Waals surface area contributed by atoms with Crippen LogP contribution in [0.25, 0.3) is 0 Å². The fourth-order valence-corrected chi connectivity index (χ4v) is 2.90. The monoisotopic (exact) mass is 375 g/mol. The van der Waals surface area contributed by atoms with E-state index in [1.165, 1.54) is 30.4 Å². The number of nitrogens with two attached hydrogens (primary N) is 1. The third kappa shape index (κ3) is 6.60. The van der Waals surface area contributed by atoms with Gasteiger partial charge in [0.25, 0.3) is 0 Å². The Bertz CT molecular complexity index is 517. The normalized spacial score (nSPS) is 18.2. The van der Waals surface area contributed by atoms with Crippen molar-refractivity contribution < 1.29 is 4.79 Å². The molecule has 1 fully saturated rings. The van der Waals surface area contributed by atoms with E-state index in [9.17, 15) is 4.79 Å². The lowest BCUT2D eigenvalue weighted by Crippen LogP contribution is -2.48. The van der Waals surface area contributed by atoms with Crippen LogP contribution in [0.4, 0.5) is 0 Å². The van der Waals surface area contributed by atoms with E-state index in [1.54, 1.807) is 13.8 Å². The van der Waals surface area contributed by atoms with Gasteiger partial charge in [0.2, 0.25) is 5.91 Å². The first-order valence-corrected chi connectivity index (χ1v) is 8.26. The molecule has 24 heavy (non-hydrogen) atoms. The molecule has 0 saturated carbocycles. The molecule has 1 aromatic carbocycles. The van der Waals surface area contributed by atoms with Gasteiger partial charge in [-0.05, 0) is 51.3 Å². The molecule has 1 saturated heterocycles. The number of likely N-dealkylation sites (tertiary alicyclic amines) is 1. The van der Waals surface area contributed by atoms with E-state index in [2.05, 4.69) is 35.3 Å². The second kappa shape index (κ2) is 10.2. The van der Waals surface area contributed by atoms with Crippen LogP contribution in [-0.4, -0.2) is 28.9 Å². The molecule has 3 N–H and O–H groups in total. The van der Waals surface area contributed by atoms with Crippen molar-refractivity contribution in [2.24, 2.45) is 5.73 Å². The first-order valence-electron chi connectivity index (χ1n) is 8.26. The first-order chi connectivity index (χ1) is 10.4. The average molecular weight is 376 g/mol. The number of carbonyl (C=O) groups excluding carboxylic acids is 1. The number of rotatable bonds is 5. The van der Waals surface area contributed by atoms with Gasteiger partial charge in [0.1, 0.15) is 0 Å². The van der Waals surface area contributed by atoms with Gasteiger partial charge in [-0.2, -0.15) is 0 Å². The van der Waals surface area contributed by atoms with Crippen LogP contribution in [0.15, 0.2) is 24.3 Å². The van der Waals surface area contributed by atoms with E-state index in [0.717, 1.165) is 13.1 Å². The van der Waals surface area contributed by atoms with E-state index in [-0.39, 0.29) is 30.7 Å². The SMILES string of the molecule is CC1CCCCN1Cc1ccccc1CNC(=O)C(C)(C)N.Cl.Cl. The number of amides is 1. The lowest BCUT2D eigenvalue weighted by Gasteiger charge is -2.33. The summed E-state index contributed by atoms with van der Waals surface area (Å²) in [5, 5.41) is 2.95. The van der Waals surface area contributed by atoms with Crippen molar-refractivity contribution in [1.29, 1.82) is 0 Å². The number of piperidine rings is 1. The zero-order chi connectivity index (χ0) is 16.2. The van der Waals surface area contributed by atoms with Crippen LogP contribution in [0.3, 0.4) is 0 Å². The molecule has 0 bridgehead atoms. The van der Waals surface area contributed by atoms with Crippen LogP contribution in [0.1, 0.15) is 51.2 Å². The van der Waals surface area contributed by atoms with Gasteiger partial charge in [-0.15, -0.1) is 24.8 Å².